The van der Waals surface area contributed by atoms with E-state index in [9.17, 15) is 4.79 Å². The van der Waals surface area contributed by atoms with Crippen LogP contribution in [0.25, 0.3) is 0 Å². The second-order valence-corrected chi connectivity index (χ2v) is 7.86. The molecule has 1 aliphatic heterocycles. The standard InChI is InChI=1S/C24H35N5O2/c1-2-25-24(26-13-9-16-29-14-5-3-4-6-15-29)27-19-20-10-7-11-21(18-20)28-23(30)22-12-8-17-31-22/h7-8,10-12,17-18H,2-6,9,13-16,19H2,1H3,(H,28,30)(H2,25,26,27). The van der Waals surface area contributed by atoms with Gasteiger partial charge in [-0.25, -0.2) is 4.99 Å². The molecule has 0 unspecified atom stereocenters. The number of furan rings is 1. The molecule has 1 saturated heterocycles. The Kier molecular flexibility index (Phi) is 9.44. The molecule has 2 aromatic rings. The van der Waals surface area contributed by atoms with Gasteiger partial charge in [-0.3, -0.25) is 4.79 Å². The molecular formula is C24H35N5O2. The molecular weight excluding hydrogens is 390 g/mol. The molecule has 0 spiro atoms. The number of nitrogens with one attached hydrogen (secondary N) is 3. The first kappa shape index (κ1) is 22.9. The molecule has 2 heterocycles. The lowest BCUT2D eigenvalue weighted by Gasteiger charge is -2.20. The average Bonchev–Trinajstić information content (AvgIpc) is 3.20. The normalized spacial score (nSPS) is 15.3. The Hall–Kier alpha value is -2.80. The highest BCUT2D eigenvalue weighted by Crippen LogP contribution is 2.13. The van der Waals surface area contributed by atoms with Gasteiger partial charge in [-0.1, -0.05) is 25.0 Å². The number of benzene rings is 1. The van der Waals surface area contributed by atoms with Gasteiger partial charge < -0.3 is 25.3 Å². The van der Waals surface area contributed by atoms with Crippen molar-refractivity contribution in [1.82, 2.24) is 15.5 Å². The molecule has 3 N–H and O–H groups in total. The van der Waals surface area contributed by atoms with Crippen molar-refractivity contribution >= 4 is 17.6 Å². The number of hydrogen-bond donors (Lipinski definition) is 3. The summed E-state index contributed by atoms with van der Waals surface area (Å²) in [6, 6.07) is 11.1. The molecule has 0 aliphatic carbocycles. The number of rotatable bonds is 9. The fourth-order valence-electron chi connectivity index (χ4n) is 3.73. The summed E-state index contributed by atoms with van der Waals surface area (Å²) in [4.78, 5) is 19.4. The van der Waals surface area contributed by atoms with Gasteiger partial charge in [0.05, 0.1) is 12.8 Å². The minimum atomic E-state index is -0.259. The zero-order valence-electron chi connectivity index (χ0n) is 18.5. The number of aliphatic imine (C=N–C) groups is 1. The van der Waals surface area contributed by atoms with E-state index in [1.165, 1.54) is 45.0 Å². The molecule has 1 aromatic heterocycles. The highest BCUT2D eigenvalue weighted by atomic mass is 16.3. The van der Waals surface area contributed by atoms with Gasteiger partial charge in [0.2, 0.25) is 0 Å². The SMILES string of the molecule is CCNC(=NCc1cccc(NC(=O)c2ccco2)c1)NCCCN1CCCCCC1. The predicted molar refractivity (Wildman–Crippen MR) is 125 cm³/mol. The van der Waals surface area contributed by atoms with Crippen LogP contribution in [0.3, 0.4) is 0 Å². The number of nitrogens with zero attached hydrogens (tertiary/aromatic N) is 2. The van der Waals surface area contributed by atoms with Crippen LogP contribution in [0.15, 0.2) is 52.1 Å². The van der Waals surface area contributed by atoms with Crippen molar-refractivity contribution in [1.29, 1.82) is 0 Å². The van der Waals surface area contributed by atoms with Crippen molar-refractivity contribution in [3.63, 3.8) is 0 Å². The van der Waals surface area contributed by atoms with E-state index in [-0.39, 0.29) is 5.91 Å². The number of amides is 1. The van der Waals surface area contributed by atoms with E-state index in [2.05, 4.69) is 27.8 Å². The molecule has 1 aromatic carbocycles. The maximum atomic E-state index is 12.2. The van der Waals surface area contributed by atoms with E-state index in [0.29, 0.717) is 12.3 Å². The molecule has 3 rings (SSSR count). The van der Waals surface area contributed by atoms with Gasteiger partial charge >= 0.3 is 0 Å². The number of guanidine groups is 1. The Morgan fingerprint density at radius 3 is 2.68 bits per heavy atom. The van der Waals surface area contributed by atoms with Crippen molar-refractivity contribution in [2.24, 2.45) is 4.99 Å². The summed E-state index contributed by atoms with van der Waals surface area (Å²) in [6.07, 6.45) is 8.01. The average molecular weight is 426 g/mol. The highest BCUT2D eigenvalue weighted by Gasteiger charge is 2.09. The van der Waals surface area contributed by atoms with Crippen molar-refractivity contribution in [2.75, 3.05) is 38.0 Å². The maximum Gasteiger partial charge on any atom is 0.291 e. The first-order valence-electron chi connectivity index (χ1n) is 11.4. The van der Waals surface area contributed by atoms with E-state index >= 15 is 0 Å². The molecule has 31 heavy (non-hydrogen) atoms. The maximum absolute atomic E-state index is 12.2. The monoisotopic (exact) mass is 425 g/mol. The topological polar surface area (TPSA) is 81.9 Å². The first-order chi connectivity index (χ1) is 15.2. The summed E-state index contributed by atoms with van der Waals surface area (Å²) in [7, 11) is 0. The highest BCUT2D eigenvalue weighted by molar-refractivity contribution is 6.02. The van der Waals surface area contributed by atoms with Crippen LogP contribution < -0.4 is 16.0 Å². The van der Waals surface area contributed by atoms with Gasteiger partial charge in [0.1, 0.15) is 0 Å². The fourth-order valence-corrected chi connectivity index (χ4v) is 3.73. The first-order valence-corrected chi connectivity index (χ1v) is 11.4. The molecule has 7 nitrogen and oxygen atoms in total. The molecule has 1 amide bonds. The Bertz CT molecular complexity index is 811. The predicted octanol–water partition coefficient (Wildman–Crippen LogP) is 3.85. The minimum Gasteiger partial charge on any atom is -0.459 e. The van der Waals surface area contributed by atoms with E-state index in [4.69, 9.17) is 9.41 Å². The summed E-state index contributed by atoms with van der Waals surface area (Å²) in [5.41, 5.74) is 1.75. The molecule has 7 heteroatoms. The number of likely N-dealkylation sites (tertiary alicyclic amines) is 1. The van der Waals surface area contributed by atoms with Crippen LogP contribution in [-0.4, -0.2) is 49.5 Å². The third kappa shape index (κ3) is 8.09. The third-order valence-electron chi connectivity index (χ3n) is 5.34. The van der Waals surface area contributed by atoms with Crippen LogP contribution in [0.5, 0.6) is 0 Å². The van der Waals surface area contributed by atoms with Crippen LogP contribution in [0.1, 0.15) is 55.1 Å². The summed E-state index contributed by atoms with van der Waals surface area (Å²) < 4.78 is 5.14. The van der Waals surface area contributed by atoms with Crippen LogP contribution in [0, 0.1) is 0 Å². The van der Waals surface area contributed by atoms with Crippen LogP contribution >= 0.6 is 0 Å². The molecule has 0 bridgehead atoms. The summed E-state index contributed by atoms with van der Waals surface area (Å²) in [6.45, 7) is 7.94. The minimum absolute atomic E-state index is 0.259. The summed E-state index contributed by atoms with van der Waals surface area (Å²) >= 11 is 0. The zero-order valence-corrected chi connectivity index (χ0v) is 18.5. The van der Waals surface area contributed by atoms with Gasteiger partial charge in [-0.05, 0) is 75.6 Å². The van der Waals surface area contributed by atoms with Gasteiger partial charge in [-0.15, -0.1) is 0 Å². The van der Waals surface area contributed by atoms with E-state index in [0.717, 1.165) is 43.3 Å². The second-order valence-electron chi connectivity index (χ2n) is 7.86. The number of carbonyl (C=O) groups is 1. The largest absolute Gasteiger partial charge is 0.459 e. The molecule has 0 saturated carbocycles. The smallest absolute Gasteiger partial charge is 0.291 e. The molecule has 168 valence electrons. The zero-order chi connectivity index (χ0) is 21.7. The quantitative estimate of drug-likeness (QED) is 0.323. The molecule has 0 radical (unpaired) electrons. The van der Waals surface area contributed by atoms with E-state index in [1.54, 1.807) is 12.1 Å². The lowest BCUT2D eigenvalue weighted by Crippen LogP contribution is -2.39. The third-order valence-corrected chi connectivity index (χ3v) is 5.34. The van der Waals surface area contributed by atoms with Crippen LogP contribution in [0.2, 0.25) is 0 Å². The van der Waals surface area contributed by atoms with E-state index < -0.39 is 0 Å². The Balaban J connectivity index is 1.47. The molecule has 1 fully saturated rings. The fraction of sp³-hybridized carbons (Fsp3) is 0.500. The lowest BCUT2D eigenvalue weighted by molar-refractivity contribution is 0.0996. The van der Waals surface area contributed by atoms with Gasteiger partial charge in [0.15, 0.2) is 11.7 Å². The van der Waals surface area contributed by atoms with Gasteiger partial charge in [0, 0.05) is 18.8 Å². The second kappa shape index (κ2) is 12.8. The van der Waals surface area contributed by atoms with Crippen molar-refractivity contribution in [3.05, 3.63) is 54.0 Å². The lowest BCUT2D eigenvalue weighted by atomic mass is 10.2. The van der Waals surface area contributed by atoms with Gasteiger partial charge in [0.25, 0.3) is 5.91 Å². The van der Waals surface area contributed by atoms with E-state index in [1.807, 2.05) is 24.3 Å². The van der Waals surface area contributed by atoms with Gasteiger partial charge in [-0.2, -0.15) is 0 Å². The van der Waals surface area contributed by atoms with Crippen molar-refractivity contribution in [3.8, 4) is 0 Å². The van der Waals surface area contributed by atoms with Crippen molar-refractivity contribution in [2.45, 2.75) is 45.6 Å². The summed E-state index contributed by atoms with van der Waals surface area (Å²) in [5, 5.41) is 9.61. The summed E-state index contributed by atoms with van der Waals surface area (Å²) in [5.74, 6) is 0.857. The number of hydrogen-bond acceptors (Lipinski definition) is 4. The number of carbonyl (C=O) groups excluding carboxylic acids is 1. The Morgan fingerprint density at radius 2 is 1.94 bits per heavy atom. The van der Waals surface area contributed by atoms with Crippen LogP contribution in [-0.2, 0) is 6.54 Å². The van der Waals surface area contributed by atoms with Crippen molar-refractivity contribution < 1.29 is 9.21 Å². The van der Waals surface area contributed by atoms with Crippen LogP contribution in [0.4, 0.5) is 5.69 Å². The Morgan fingerprint density at radius 1 is 1.10 bits per heavy atom. The molecule has 0 atom stereocenters. The Labute approximate surface area is 185 Å². The molecule has 1 aliphatic rings. The number of anilines is 1.